The third-order valence-electron chi connectivity index (χ3n) is 3.67. The molecule has 2 atom stereocenters. The van der Waals surface area contributed by atoms with E-state index in [-0.39, 0.29) is 5.82 Å². The van der Waals surface area contributed by atoms with Crippen molar-refractivity contribution in [3.05, 3.63) is 41.7 Å². The second-order valence-electron chi connectivity index (χ2n) is 5.13. The maximum atomic E-state index is 12.8. The van der Waals surface area contributed by atoms with Crippen LogP contribution in [0.4, 0.5) is 4.39 Å². The molecule has 0 unspecified atom stereocenters. The van der Waals surface area contributed by atoms with Gasteiger partial charge in [0.15, 0.2) is 0 Å². The second kappa shape index (κ2) is 7.33. The third kappa shape index (κ3) is 4.12. The van der Waals surface area contributed by atoms with Crippen LogP contribution in [0.25, 0.3) is 6.08 Å². The van der Waals surface area contributed by atoms with E-state index in [0.29, 0.717) is 13.0 Å². The average molecular weight is 293 g/mol. The number of nitrogens with zero attached hydrogens (tertiary/aromatic N) is 1. The lowest BCUT2D eigenvalue weighted by Crippen LogP contribution is -2.53. The molecule has 21 heavy (non-hydrogen) atoms. The first kappa shape index (κ1) is 15.7. The molecule has 5 heteroatoms. The van der Waals surface area contributed by atoms with Crippen molar-refractivity contribution in [1.82, 2.24) is 4.90 Å². The molecule has 0 aliphatic carbocycles. The van der Waals surface area contributed by atoms with Gasteiger partial charge in [-0.05, 0) is 37.1 Å². The fourth-order valence-electron chi connectivity index (χ4n) is 2.57. The topological polar surface area (TPSA) is 49.8 Å². The van der Waals surface area contributed by atoms with Crippen LogP contribution in [0.2, 0.25) is 0 Å². The molecule has 0 spiro atoms. The Balaban J connectivity index is 1.99. The highest BCUT2D eigenvalue weighted by atomic mass is 19.1. The Bertz CT molecular complexity index is 501. The second-order valence-corrected chi connectivity index (χ2v) is 5.13. The van der Waals surface area contributed by atoms with Crippen LogP contribution < -0.4 is 0 Å². The molecule has 1 heterocycles. The predicted octanol–water partition coefficient (Wildman–Crippen LogP) is 1.84. The molecule has 1 aromatic rings. The number of esters is 1. The maximum Gasteiger partial charge on any atom is 0.325 e. The van der Waals surface area contributed by atoms with Crippen molar-refractivity contribution in [3.8, 4) is 0 Å². The van der Waals surface area contributed by atoms with Gasteiger partial charge in [0, 0.05) is 6.54 Å². The Morgan fingerprint density at radius 3 is 2.86 bits per heavy atom. The summed E-state index contributed by atoms with van der Waals surface area (Å²) in [6, 6.07) is 5.58. The monoisotopic (exact) mass is 293 g/mol. The molecule has 0 aromatic heterocycles. The predicted molar refractivity (Wildman–Crippen MR) is 78.1 cm³/mol. The number of piperidine rings is 1. The van der Waals surface area contributed by atoms with E-state index in [9.17, 15) is 14.3 Å². The molecule has 0 saturated carbocycles. The third-order valence-corrected chi connectivity index (χ3v) is 3.67. The quantitative estimate of drug-likeness (QED) is 0.861. The van der Waals surface area contributed by atoms with Crippen molar-refractivity contribution < 1.29 is 19.0 Å². The van der Waals surface area contributed by atoms with Gasteiger partial charge in [-0.15, -0.1) is 0 Å². The Labute approximate surface area is 123 Å². The lowest BCUT2D eigenvalue weighted by molar-refractivity contribution is -0.153. The minimum atomic E-state index is -0.689. The van der Waals surface area contributed by atoms with Crippen molar-refractivity contribution in [3.63, 3.8) is 0 Å². The largest absolute Gasteiger partial charge is 0.468 e. The van der Waals surface area contributed by atoms with E-state index in [1.807, 2.05) is 17.1 Å². The number of rotatable bonds is 4. The molecular formula is C16H20FNO3. The normalized spacial score (nSPS) is 23.4. The zero-order valence-electron chi connectivity index (χ0n) is 12.0. The summed E-state index contributed by atoms with van der Waals surface area (Å²) in [6.45, 7) is 1.28. The van der Waals surface area contributed by atoms with Crippen LogP contribution in [-0.2, 0) is 9.53 Å². The number of hydrogen-bond acceptors (Lipinski definition) is 4. The number of aliphatic hydroxyl groups is 1. The molecule has 0 amide bonds. The van der Waals surface area contributed by atoms with E-state index in [4.69, 9.17) is 4.74 Å². The van der Waals surface area contributed by atoms with Gasteiger partial charge in [0.1, 0.15) is 11.9 Å². The number of benzene rings is 1. The number of likely N-dealkylation sites (tertiary alicyclic amines) is 1. The minimum Gasteiger partial charge on any atom is -0.468 e. The zero-order chi connectivity index (χ0) is 15.2. The van der Waals surface area contributed by atoms with E-state index in [1.165, 1.54) is 19.2 Å². The summed E-state index contributed by atoms with van der Waals surface area (Å²) < 4.78 is 17.6. The van der Waals surface area contributed by atoms with Crippen LogP contribution in [0.5, 0.6) is 0 Å². The van der Waals surface area contributed by atoms with E-state index >= 15 is 0 Å². The van der Waals surface area contributed by atoms with Gasteiger partial charge in [-0.25, -0.2) is 4.39 Å². The van der Waals surface area contributed by atoms with Gasteiger partial charge in [-0.2, -0.15) is 0 Å². The lowest BCUT2D eigenvalue weighted by Gasteiger charge is -2.36. The van der Waals surface area contributed by atoms with Gasteiger partial charge in [-0.1, -0.05) is 24.3 Å². The summed E-state index contributed by atoms with van der Waals surface area (Å²) in [5, 5.41) is 9.98. The maximum absolute atomic E-state index is 12.8. The van der Waals surface area contributed by atoms with Crippen molar-refractivity contribution in [1.29, 1.82) is 0 Å². The van der Waals surface area contributed by atoms with Gasteiger partial charge < -0.3 is 9.84 Å². The SMILES string of the molecule is COC(=O)[C@@H]1[C@@H](O)CCCN1C/C=C/c1ccc(F)cc1. The van der Waals surface area contributed by atoms with Gasteiger partial charge in [-0.3, -0.25) is 9.69 Å². The Kier molecular flexibility index (Phi) is 5.47. The van der Waals surface area contributed by atoms with Crippen LogP contribution in [0.3, 0.4) is 0 Å². The summed E-state index contributed by atoms with van der Waals surface area (Å²) in [5.41, 5.74) is 0.892. The molecular weight excluding hydrogens is 273 g/mol. The number of carbonyl (C=O) groups excluding carboxylic acids is 1. The molecule has 1 saturated heterocycles. The molecule has 1 N–H and O–H groups in total. The van der Waals surface area contributed by atoms with Crippen LogP contribution in [-0.4, -0.2) is 48.3 Å². The van der Waals surface area contributed by atoms with Gasteiger partial charge in [0.25, 0.3) is 0 Å². The molecule has 1 aromatic carbocycles. The van der Waals surface area contributed by atoms with Crippen LogP contribution in [0, 0.1) is 5.82 Å². The van der Waals surface area contributed by atoms with Crippen LogP contribution in [0.1, 0.15) is 18.4 Å². The van der Waals surface area contributed by atoms with E-state index in [0.717, 1.165) is 18.5 Å². The van der Waals surface area contributed by atoms with E-state index in [1.54, 1.807) is 12.1 Å². The summed E-state index contributed by atoms with van der Waals surface area (Å²) in [4.78, 5) is 13.7. The molecule has 1 aliphatic rings. The molecule has 0 radical (unpaired) electrons. The number of ether oxygens (including phenoxy) is 1. The van der Waals surface area contributed by atoms with Gasteiger partial charge in [0.05, 0.1) is 13.2 Å². The first-order chi connectivity index (χ1) is 10.1. The highest BCUT2D eigenvalue weighted by Crippen LogP contribution is 2.19. The molecule has 1 aliphatic heterocycles. The fraction of sp³-hybridized carbons (Fsp3) is 0.438. The number of halogens is 1. The highest BCUT2D eigenvalue weighted by molar-refractivity contribution is 5.76. The van der Waals surface area contributed by atoms with Crippen molar-refractivity contribution in [2.45, 2.75) is 25.0 Å². The highest BCUT2D eigenvalue weighted by Gasteiger charge is 2.35. The zero-order valence-corrected chi connectivity index (χ0v) is 12.0. The molecule has 4 nitrogen and oxygen atoms in total. The number of methoxy groups -OCH3 is 1. The van der Waals surface area contributed by atoms with Crippen molar-refractivity contribution >= 4 is 12.0 Å². The first-order valence-corrected chi connectivity index (χ1v) is 7.04. The van der Waals surface area contributed by atoms with Gasteiger partial charge in [0.2, 0.25) is 0 Å². The molecule has 114 valence electrons. The summed E-state index contributed by atoms with van der Waals surface area (Å²) in [5.74, 6) is -0.672. The summed E-state index contributed by atoms with van der Waals surface area (Å²) >= 11 is 0. The summed E-state index contributed by atoms with van der Waals surface area (Å²) in [7, 11) is 1.33. The lowest BCUT2D eigenvalue weighted by atomic mass is 9.99. The summed E-state index contributed by atoms with van der Waals surface area (Å²) in [6.07, 6.45) is 4.54. The van der Waals surface area contributed by atoms with Crippen molar-refractivity contribution in [2.75, 3.05) is 20.2 Å². The standard InChI is InChI=1S/C16H20FNO3/c1-21-16(20)15-14(19)5-3-11-18(15)10-2-4-12-6-8-13(17)9-7-12/h2,4,6-9,14-15,19H,3,5,10-11H2,1H3/b4-2+/t14-,15-/m0/s1. The van der Waals surface area contributed by atoms with Gasteiger partial charge >= 0.3 is 5.97 Å². The van der Waals surface area contributed by atoms with Crippen molar-refractivity contribution in [2.24, 2.45) is 0 Å². The fourth-order valence-corrected chi connectivity index (χ4v) is 2.57. The minimum absolute atomic E-state index is 0.267. The van der Waals surface area contributed by atoms with E-state index < -0.39 is 18.1 Å². The number of carbonyl (C=O) groups is 1. The Morgan fingerprint density at radius 2 is 2.19 bits per heavy atom. The number of aliphatic hydroxyl groups excluding tert-OH is 1. The Morgan fingerprint density at radius 1 is 1.48 bits per heavy atom. The Hall–Kier alpha value is -1.72. The molecule has 2 rings (SSSR count). The molecule has 0 bridgehead atoms. The van der Waals surface area contributed by atoms with E-state index in [2.05, 4.69) is 0 Å². The van der Waals surface area contributed by atoms with Crippen LogP contribution in [0.15, 0.2) is 30.3 Å². The number of hydrogen-bond donors (Lipinski definition) is 1. The first-order valence-electron chi connectivity index (χ1n) is 7.04. The smallest absolute Gasteiger partial charge is 0.325 e. The average Bonchev–Trinajstić information content (AvgIpc) is 2.49. The molecule has 1 fully saturated rings. The van der Waals surface area contributed by atoms with Crippen LogP contribution >= 0.6 is 0 Å².